The molecule has 4 nitrogen and oxygen atoms in total. The van der Waals surface area contributed by atoms with Gasteiger partial charge in [-0.1, -0.05) is 6.07 Å². The predicted molar refractivity (Wildman–Crippen MR) is 91.5 cm³/mol. The number of anilines is 1. The topological polar surface area (TPSA) is 46.9 Å². The molecule has 0 atom stereocenters. The smallest absolute Gasteiger partial charge is 0.257 e. The van der Waals surface area contributed by atoms with Gasteiger partial charge in [-0.05, 0) is 49.7 Å². The number of carbonyl (C=O) groups excluding carboxylic acids is 1. The number of nitrogens with one attached hydrogen (secondary N) is 1. The van der Waals surface area contributed by atoms with E-state index in [-0.39, 0.29) is 17.7 Å². The number of amides is 1. The summed E-state index contributed by atoms with van der Waals surface area (Å²) in [6, 6.07) is 7.07. The summed E-state index contributed by atoms with van der Waals surface area (Å²) in [5, 5.41) is 6.78. The minimum absolute atomic E-state index is 0.0603. The summed E-state index contributed by atoms with van der Waals surface area (Å²) in [4.78, 5) is 12.5. The van der Waals surface area contributed by atoms with Gasteiger partial charge < -0.3 is 5.32 Å². The minimum Gasteiger partial charge on any atom is -0.307 e. The fourth-order valence-corrected chi connectivity index (χ4v) is 2.60. The van der Waals surface area contributed by atoms with Crippen LogP contribution in [0, 0.1) is 31.3 Å². The van der Waals surface area contributed by atoms with E-state index in [4.69, 9.17) is 0 Å². The van der Waals surface area contributed by atoms with E-state index < -0.39 is 23.4 Å². The Balaban J connectivity index is 1.89. The largest absolute Gasteiger partial charge is 0.307 e. The summed E-state index contributed by atoms with van der Waals surface area (Å²) < 4.78 is 42.1. The van der Waals surface area contributed by atoms with Crippen molar-refractivity contribution in [1.82, 2.24) is 9.78 Å². The first-order valence-corrected chi connectivity index (χ1v) is 7.89. The second-order valence-electron chi connectivity index (χ2n) is 5.98. The number of rotatable bonds is 4. The Morgan fingerprint density at radius 3 is 2.50 bits per heavy atom. The molecule has 0 aliphatic heterocycles. The van der Waals surface area contributed by atoms with Crippen molar-refractivity contribution in [2.75, 3.05) is 5.32 Å². The van der Waals surface area contributed by atoms with Crippen molar-refractivity contribution in [2.45, 2.75) is 20.4 Å². The first-order chi connectivity index (χ1) is 12.3. The highest BCUT2D eigenvalue weighted by molar-refractivity contribution is 6.05. The van der Waals surface area contributed by atoms with Crippen LogP contribution in [0.2, 0.25) is 0 Å². The van der Waals surface area contributed by atoms with E-state index in [0.29, 0.717) is 16.9 Å². The molecular weight excluding hydrogens is 343 g/mol. The lowest BCUT2D eigenvalue weighted by molar-refractivity contribution is 0.102. The highest BCUT2D eigenvalue weighted by Gasteiger charge is 2.16. The Kier molecular flexibility index (Phi) is 4.79. The van der Waals surface area contributed by atoms with Gasteiger partial charge in [-0.3, -0.25) is 4.79 Å². The van der Waals surface area contributed by atoms with Crippen LogP contribution in [0.1, 0.15) is 27.0 Å². The summed E-state index contributed by atoms with van der Waals surface area (Å²) in [5.74, 6) is -1.83. The highest BCUT2D eigenvalue weighted by Crippen LogP contribution is 2.20. The molecule has 0 aliphatic rings. The van der Waals surface area contributed by atoms with Crippen molar-refractivity contribution >= 4 is 11.7 Å². The van der Waals surface area contributed by atoms with Crippen molar-refractivity contribution in [3.63, 3.8) is 0 Å². The number of nitrogens with zero attached hydrogens (tertiary/aromatic N) is 2. The Morgan fingerprint density at radius 2 is 1.73 bits per heavy atom. The van der Waals surface area contributed by atoms with Crippen molar-refractivity contribution in [3.05, 3.63) is 82.3 Å². The summed E-state index contributed by atoms with van der Waals surface area (Å²) in [6.45, 7) is 3.36. The van der Waals surface area contributed by atoms with Crippen LogP contribution in [0.5, 0.6) is 0 Å². The molecule has 3 aromatic rings. The maximum atomic E-state index is 13.9. The van der Waals surface area contributed by atoms with Crippen LogP contribution in [-0.2, 0) is 6.54 Å². The van der Waals surface area contributed by atoms with E-state index in [2.05, 4.69) is 10.4 Å². The number of benzene rings is 2. The van der Waals surface area contributed by atoms with Crippen LogP contribution in [0.4, 0.5) is 19.0 Å². The van der Waals surface area contributed by atoms with Crippen LogP contribution in [-0.4, -0.2) is 15.7 Å². The molecule has 1 amide bonds. The number of carbonyl (C=O) groups is 1. The van der Waals surface area contributed by atoms with Gasteiger partial charge in [-0.15, -0.1) is 0 Å². The quantitative estimate of drug-likeness (QED) is 0.758. The summed E-state index contributed by atoms with van der Waals surface area (Å²) >= 11 is 0. The average molecular weight is 359 g/mol. The number of aryl methyl sites for hydroxylation is 2. The molecule has 7 heteroatoms. The van der Waals surface area contributed by atoms with Crippen molar-refractivity contribution in [1.29, 1.82) is 0 Å². The van der Waals surface area contributed by atoms with Crippen molar-refractivity contribution in [3.8, 4) is 0 Å². The molecule has 0 radical (unpaired) electrons. The Labute approximate surface area is 148 Å². The normalized spacial score (nSPS) is 10.8. The monoisotopic (exact) mass is 359 g/mol. The molecule has 0 spiro atoms. The zero-order valence-electron chi connectivity index (χ0n) is 14.2. The fraction of sp³-hybridized carbons (Fsp3) is 0.158. The third kappa shape index (κ3) is 3.61. The summed E-state index contributed by atoms with van der Waals surface area (Å²) in [5.41, 5.74) is 1.55. The average Bonchev–Trinajstić information content (AvgIpc) is 2.93. The fourth-order valence-electron chi connectivity index (χ4n) is 2.60. The van der Waals surface area contributed by atoms with E-state index in [1.54, 1.807) is 13.8 Å². The van der Waals surface area contributed by atoms with E-state index in [1.165, 1.54) is 23.0 Å². The van der Waals surface area contributed by atoms with Crippen LogP contribution in [0.15, 0.2) is 42.6 Å². The molecule has 0 saturated heterocycles. The van der Waals surface area contributed by atoms with Gasteiger partial charge in [0.2, 0.25) is 0 Å². The standard InChI is InChI=1S/C19H16F3N3O/c1-11-3-4-15(21)8-16(11)19(26)24-18-12(2)9-23-25(18)10-13-7-14(20)5-6-17(13)22/h3-9H,10H2,1-2H3,(H,24,26). The molecule has 3 rings (SSSR count). The Bertz CT molecular complexity index is 982. The van der Waals surface area contributed by atoms with Gasteiger partial charge in [0.25, 0.3) is 5.91 Å². The first-order valence-electron chi connectivity index (χ1n) is 7.89. The summed E-state index contributed by atoms with van der Waals surface area (Å²) in [6.07, 6.45) is 1.51. The lowest BCUT2D eigenvalue weighted by Gasteiger charge is -2.12. The van der Waals surface area contributed by atoms with Gasteiger partial charge in [0.1, 0.15) is 23.3 Å². The molecule has 134 valence electrons. The zero-order chi connectivity index (χ0) is 18.8. The second-order valence-corrected chi connectivity index (χ2v) is 5.98. The molecule has 0 fully saturated rings. The Morgan fingerprint density at radius 1 is 1.04 bits per heavy atom. The zero-order valence-corrected chi connectivity index (χ0v) is 14.2. The van der Waals surface area contributed by atoms with Crippen LogP contribution in [0.3, 0.4) is 0 Å². The molecule has 1 N–H and O–H groups in total. The molecule has 26 heavy (non-hydrogen) atoms. The van der Waals surface area contributed by atoms with Crippen molar-refractivity contribution < 1.29 is 18.0 Å². The highest BCUT2D eigenvalue weighted by atomic mass is 19.1. The van der Waals surface area contributed by atoms with E-state index >= 15 is 0 Å². The molecule has 2 aromatic carbocycles. The predicted octanol–water partition coefficient (Wildman–Crippen LogP) is 4.22. The van der Waals surface area contributed by atoms with Gasteiger partial charge in [0, 0.05) is 16.7 Å². The molecule has 0 saturated carbocycles. The SMILES string of the molecule is Cc1ccc(F)cc1C(=O)Nc1c(C)cnn1Cc1cc(F)ccc1F. The van der Waals surface area contributed by atoms with E-state index in [9.17, 15) is 18.0 Å². The van der Waals surface area contributed by atoms with Gasteiger partial charge in [-0.25, -0.2) is 17.9 Å². The molecule has 0 aliphatic carbocycles. The van der Waals surface area contributed by atoms with Gasteiger partial charge in [0.05, 0.1) is 12.7 Å². The third-order valence-corrected chi connectivity index (χ3v) is 4.03. The summed E-state index contributed by atoms with van der Waals surface area (Å²) in [7, 11) is 0. The second kappa shape index (κ2) is 7.03. The number of aromatic nitrogens is 2. The van der Waals surface area contributed by atoms with Crippen LogP contribution in [0.25, 0.3) is 0 Å². The first kappa shape index (κ1) is 17.7. The van der Waals surface area contributed by atoms with E-state index in [1.807, 2.05) is 0 Å². The van der Waals surface area contributed by atoms with Crippen LogP contribution >= 0.6 is 0 Å². The lowest BCUT2D eigenvalue weighted by Crippen LogP contribution is -2.18. The molecule has 0 bridgehead atoms. The molecule has 1 aromatic heterocycles. The molecule has 1 heterocycles. The van der Waals surface area contributed by atoms with Gasteiger partial charge in [0.15, 0.2) is 0 Å². The van der Waals surface area contributed by atoms with Gasteiger partial charge >= 0.3 is 0 Å². The minimum atomic E-state index is -0.571. The number of halogens is 3. The number of hydrogen-bond donors (Lipinski definition) is 1. The van der Waals surface area contributed by atoms with Gasteiger partial charge in [-0.2, -0.15) is 5.10 Å². The molecule has 0 unspecified atom stereocenters. The van der Waals surface area contributed by atoms with Crippen molar-refractivity contribution in [2.24, 2.45) is 0 Å². The van der Waals surface area contributed by atoms with E-state index in [0.717, 1.165) is 24.3 Å². The molecular formula is C19H16F3N3O. The Hall–Kier alpha value is -3.09. The third-order valence-electron chi connectivity index (χ3n) is 4.03. The maximum absolute atomic E-state index is 13.9. The lowest BCUT2D eigenvalue weighted by atomic mass is 10.1. The maximum Gasteiger partial charge on any atom is 0.257 e. The van der Waals surface area contributed by atoms with Crippen LogP contribution < -0.4 is 5.32 Å². The number of hydrogen-bond acceptors (Lipinski definition) is 2.